The second-order valence-corrected chi connectivity index (χ2v) is 5.38. The van der Waals surface area contributed by atoms with Crippen LogP contribution in [0.15, 0.2) is 24.3 Å². The maximum absolute atomic E-state index is 8.70. The molecule has 0 aliphatic heterocycles. The minimum Gasteiger partial charge on any atom is -0.497 e. The van der Waals surface area contributed by atoms with Crippen molar-refractivity contribution in [3.8, 4) is 5.75 Å². The highest BCUT2D eigenvalue weighted by atomic mass is 16.5. The van der Waals surface area contributed by atoms with Crippen LogP contribution in [0.4, 0.5) is 0 Å². The van der Waals surface area contributed by atoms with Gasteiger partial charge in [-0.3, -0.25) is 0 Å². The summed E-state index contributed by atoms with van der Waals surface area (Å²) in [7, 11) is 1.70. The van der Waals surface area contributed by atoms with Gasteiger partial charge in [-0.05, 0) is 56.8 Å². The summed E-state index contributed by atoms with van der Waals surface area (Å²) in [5.74, 6) is 0.919. The molecule has 0 bridgehead atoms. The summed E-state index contributed by atoms with van der Waals surface area (Å²) in [6.45, 7) is 3.65. The number of aryl methyl sites for hydroxylation is 1. The second-order valence-electron chi connectivity index (χ2n) is 5.38. The van der Waals surface area contributed by atoms with Gasteiger partial charge in [-0.1, -0.05) is 25.0 Å². The average molecular weight is 279 g/mol. The lowest BCUT2D eigenvalue weighted by Crippen LogP contribution is -2.27. The number of methoxy groups -OCH3 is 1. The first-order chi connectivity index (χ1) is 9.76. The van der Waals surface area contributed by atoms with E-state index in [9.17, 15) is 0 Å². The Morgan fingerprint density at radius 1 is 1.10 bits per heavy atom. The van der Waals surface area contributed by atoms with E-state index in [4.69, 9.17) is 9.84 Å². The van der Waals surface area contributed by atoms with Gasteiger partial charge in [0.1, 0.15) is 5.75 Å². The average Bonchev–Trinajstić information content (AvgIpc) is 2.49. The fourth-order valence-corrected chi connectivity index (χ4v) is 2.22. The summed E-state index contributed by atoms with van der Waals surface area (Å²) in [6, 6.07) is 8.87. The molecule has 0 heterocycles. The highest BCUT2D eigenvalue weighted by Gasteiger charge is 2.02. The molecular weight excluding hydrogens is 250 g/mol. The van der Waals surface area contributed by atoms with Crippen LogP contribution in [0.5, 0.6) is 5.75 Å². The number of hydrogen-bond acceptors (Lipinski definition) is 3. The van der Waals surface area contributed by atoms with Gasteiger partial charge in [0, 0.05) is 12.6 Å². The first-order valence-corrected chi connectivity index (χ1v) is 7.73. The molecule has 3 nitrogen and oxygen atoms in total. The van der Waals surface area contributed by atoms with Gasteiger partial charge < -0.3 is 15.2 Å². The van der Waals surface area contributed by atoms with Crippen molar-refractivity contribution in [1.82, 2.24) is 5.32 Å². The molecule has 0 aliphatic carbocycles. The molecule has 114 valence electrons. The Balaban J connectivity index is 2.08. The lowest BCUT2D eigenvalue weighted by atomic mass is 10.1. The normalized spacial score (nSPS) is 12.3. The van der Waals surface area contributed by atoms with Crippen LogP contribution in [0.25, 0.3) is 0 Å². The zero-order valence-electron chi connectivity index (χ0n) is 12.9. The van der Waals surface area contributed by atoms with Crippen LogP contribution >= 0.6 is 0 Å². The van der Waals surface area contributed by atoms with Crippen molar-refractivity contribution in [1.29, 1.82) is 0 Å². The molecule has 2 N–H and O–H groups in total. The largest absolute Gasteiger partial charge is 0.497 e. The van der Waals surface area contributed by atoms with Crippen molar-refractivity contribution in [3.63, 3.8) is 0 Å². The van der Waals surface area contributed by atoms with E-state index in [0.717, 1.165) is 38.0 Å². The third kappa shape index (κ3) is 7.51. The number of unbranched alkanes of at least 4 members (excludes halogenated alkanes) is 3. The summed E-state index contributed by atoms with van der Waals surface area (Å²) >= 11 is 0. The van der Waals surface area contributed by atoms with Crippen molar-refractivity contribution < 1.29 is 9.84 Å². The Labute approximate surface area is 123 Å². The number of nitrogens with one attached hydrogen (secondary N) is 1. The number of hydrogen-bond donors (Lipinski definition) is 2. The van der Waals surface area contributed by atoms with Crippen LogP contribution in [-0.4, -0.2) is 31.4 Å². The van der Waals surface area contributed by atoms with E-state index in [-0.39, 0.29) is 0 Å². The highest BCUT2D eigenvalue weighted by molar-refractivity contribution is 5.27. The molecule has 1 aromatic carbocycles. The summed E-state index contributed by atoms with van der Waals surface area (Å²) in [6.07, 6.45) is 6.74. The first kappa shape index (κ1) is 17.0. The first-order valence-electron chi connectivity index (χ1n) is 7.73. The lowest BCUT2D eigenvalue weighted by molar-refractivity contribution is 0.282. The Morgan fingerprint density at radius 3 is 2.45 bits per heavy atom. The topological polar surface area (TPSA) is 41.5 Å². The van der Waals surface area contributed by atoms with Crippen molar-refractivity contribution in [2.24, 2.45) is 0 Å². The lowest BCUT2D eigenvalue weighted by Gasteiger charge is -2.13. The molecule has 0 amide bonds. The number of ether oxygens (including phenoxy) is 1. The summed E-state index contributed by atoms with van der Waals surface area (Å²) in [5.41, 5.74) is 1.36. The standard InChI is InChI=1S/C17H29NO2/c1-15(18-13-5-3-4-6-14-19)7-8-16-9-11-17(20-2)12-10-16/h9-12,15,18-19H,3-8,13-14H2,1-2H3. The Hall–Kier alpha value is -1.06. The van der Waals surface area contributed by atoms with E-state index in [2.05, 4.69) is 24.4 Å². The maximum atomic E-state index is 8.70. The summed E-state index contributed by atoms with van der Waals surface area (Å²) < 4.78 is 5.16. The van der Waals surface area contributed by atoms with E-state index in [1.165, 1.54) is 18.4 Å². The number of aliphatic hydroxyl groups excluding tert-OH is 1. The Bertz CT molecular complexity index is 337. The molecule has 0 saturated carbocycles. The molecule has 0 aliphatic rings. The molecule has 0 spiro atoms. The molecule has 20 heavy (non-hydrogen) atoms. The van der Waals surface area contributed by atoms with Gasteiger partial charge in [-0.2, -0.15) is 0 Å². The van der Waals surface area contributed by atoms with Crippen LogP contribution in [0.2, 0.25) is 0 Å². The van der Waals surface area contributed by atoms with E-state index in [1.807, 2.05) is 12.1 Å². The van der Waals surface area contributed by atoms with Crippen LogP contribution in [0.3, 0.4) is 0 Å². The molecule has 1 rings (SSSR count). The smallest absolute Gasteiger partial charge is 0.118 e. The van der Waals surface area contributed by atoms with Crippen LogP contribution in [-0.2, 0) is 6.42 Å². The minimum atomic E-state index is 0.325. The van der Waals surface area contributed by atoms with Gasteiger partial charge in [-0.25, -0.2) is 0 Å². The number of rotatable bonds is 11. The Kier molecular flexibility index (Phi) is 9.09. The molecule has 1 aromatic rings. The summed E-state index contributed by atoms with van der Waals surface area (Å²) in [5, 5.41) is 12.3. The molecule has 0 radical (unpaired) electrons. The van der Waals surface area contributed by atoms with Crippen LogP contribution in [0, 0.1) is 0 Å². The molecule has 0 saturated heterocycles. The van der Waals surface area contributed by atoms with Crippen molar-refractivity contribution in [3.05, 3.63) is 29.8 Å². The zero-order chi connectivity index (χ0) is 14.6. The molecular formula is C17H29NO2. The third-order valence-corrected chi connectivity index (χ3v) is 3.60. The number of benzene rings is 1. The van der Waals surface area contributed by atoms with Gasteiger partial charge in [0.05, 0.1) is 7.11 Å². The van der Waals surface area contributed by atoms with Crippen molar-refractivity contribution in [2.45, 2.75) is 51.5 Å². The van der Waals surface area contributed by atoms with Crippen molar-refractivity contribution >= 4 is 0 Å². The maximum Gasteiger partial charge on any atom is 0.118 e. The predicted molar refractivity (Wildman–Crippen MR) is 84.3 cm³/mol. The number of aliphatic hydroxyl groups is 1. The van der Waals surface area contributed by atoms with E-state index in [0.29, 0.717) is 12.6 Å². The predicted octanol–water partition coefficient (Wildman–Crippen LogP) is 3.16. The van der Waals surface area contributed by atoms with Gasteiger partial charge >= 0.3 is 0 Å². The SMILES string of the molecule is COc1ccc(CCC(C)NCCCCCCO)cc1. The minimum absolute atomic E-state index is 0.325. The van der Waals surface area contributed by atoms with Crippen LogP contribution in [0.1, 0.15) is 44.6 Å². The van der Waals surface area contributed by atoms with E-state index < -0.39 is 0 Å². The van der Waals surface area contributed by atoms with Gasteiger partial charge in [-0.15, -0.1) is 0 Å². The van der Waals surface area contributed by atoms with Gasteiger partial charge in [0.15, 0.2) is 0 Å². The zero-order valence-corrected chi connectivity index (χ0v) is 12.9. The van der Waals surface area contributed by atoms with Crippen LogP contribution < -0.4 is 10.1 Å². The fraction of sp³-hybridized carbons (Fsp3) is 0.647. The van der Waals surface area contributed by atoms with Gasteiger partial charge in [0.2, 0.25) is 0 Å². The molecule has 1 atom stereocenters. The highest BCUT2D eigenvalue weighted by Crippen LogP contribution is 2.13. The molecule has 0 fully saturated rings. The van der Waals surface area contributed by atoms with Gasteiger partial charge in [0.25, 0.3) is 0 Å². The monoisotopic (exact) mass is 279 g/mol. The molecule has 1 unspecified atom stereocenters. The quantitative estimate of drug-likeness (QED) is 0.611. The Morgan fingerprint density at radius 2 is 1.80 bits per heavy atom. The molecule has 0 aromatic heterocycles. The van der Waals surface area contributed by atoms with Crippen molar-refractivity contribution in [2.75, 3.05) is 20.3 Å². The molecule has 3 heteroatoms. The van der Waals surface area contributed by atoms with E-state index in [1.54, 1.807) is 7.11 Å². The van der Waals surface area contributed by atoms with E-state index >= 15 is 0 Å². The fourth-order valence-electron chi connectivity index (χ4n) is 2.22. The summed E-state index contributed by atoms with van der Waals surface area (Å²) in [4.78, 5) is 0. The third-order valence-electron chi connectivity index (χ3n) is 3.60. The second kappa shape index (κ2) is 10.7.